The largest absolute Gasteiger partial charge is 0.399 e. The van der Waals surface area contributed by atoms with Crippen LogP contribution in [0.25, 0.3) is 0 Å². The number of nitrogen functional groups attached to an aromatic ring is 1. The molecular weight excluding hydrogens is 206 g/mol. The summed E-state index contributed by atoms with van der Waals surface area (Å²) in [6.07, 6.45) is 0. The molecule has 0 saturated carbocycles. The van der Waals surface area contributed by atoms with Crippen molar-refractivity contribution < 1.29 is 4.74 Å². The average molecular weight is 218 g/mol. The van der Waals surface area contributed by atoms with Crippen LogP contribution < -0.4 is 5.73 Å². The number of anilines is 1. The summed E-state index contributed by atoms with van der Waals surface area (Å²) < 4.78 is 5.20. The van der Waals surface area contributed by atoms with Crippen molar-refractivity contribution in [2.75, 3.05) is 18.3 Å². The Hall–Kier alpha value is -0.380. The molecule has 0 aliphatic rings. The first-order valence-corrected chi connectivity index (χ1v) is 5.36. The van der Waals surface area contributed by atoms with E-state index < -0.39 is 0 Å². The molecule has 13 heavy (non-hydrogen) atoms. The number of halogens is 1. The molecule has 0 saturated heterocycles. The normalized spacial score (nSPS) is 10.3. The molecule has 0 spiro atoms. The van der Waals surface area contributed by atoms with Gasteiger partial charge >= 0.3 is 0 Å². The highest BCUT2D eigenvalue weighted by atomic mass is 35.5. The van der Waals surface area contributed by atoms with Crippen LogP contribution >= 0.6 is 23.4 Å². The third-order valence-electron chi connectivity index (χ3n) is 1.46. The Bertz CT molecular complexity index is 280. The van der Waals surface area contributed by atoms with Gasteiger partial charge in [-0.3, -0.25) is 0 Å². The summed E-state index contributed by atoms with van der Waals surface area (Å²) in [5.74, 6) is 0.625. The molecule has 0 aliphatic carbocycles. The molecule has 1 aromatic rings. The molecule has 0 unspecified atom stereocenters. The summed E-state index contributed by atoms with van der Waals surface area (Å²) in [5, 5.41) is 0.685. The van der Waals surface area contributed by atoms with Crippen molar-refractivity contribution in [3.63, 3.8) is 0 Å². The van der Waals surface area contributed by atoms with Gasteiger partial charge in [-0.25, -0.2) is 0 Å². The number of rotatable bonds is 4. The van der Waals surface area contributed by atoms with E-state index in [1.54, 1.807) is 17.8 Å². The van der Waals surface area contributed by atoms with Crippen LogP contribution in [0.5, 0.6) is 0 Å². The molecule has 0 fully saturated rings. The van der Waals surface area contributed by atoms with Crippen LogP contribution in [0.1, 0.15) is 6.92 Å². The average Bonchev–Trinajstić information content (AvgIpc) is 2.09. The molecule has 0 heterocycles. The Balaban J connectivity index is 2.56. The minimum atomic E-state index is 0.625. The molecule has 72 valence electrons. The SMILES string of the molecule is CCOCSc1ccc(N)cc1Cl. The zero-order valence-corrected chi connectivity index (χ0v) is 8.99. The van der Waals surface area contributed by atoms with E-state index >= 15 is 0 Å². The number of thioether (sulfide) groups is 1. The van der Waals surface area contributed by atoms with E-state index in [2.05, 4.69) is 0 Å². The van der Waals surface area contributed by atoms with Gasteiger partial charge in [0, 0.05) is 17.2 Å². The summed E-state index contributed by atoms with van der Waals surface area (Å²) >= 11 is 7.52. The quantitative estimate of drug-likeness (QED) is 0.365. The molecule has 2 nitrogen and oxygen atoms in total. The predicted molar refractivity (Wildman–Crippen MR) is 58.2 cm³/mol. The smallest absolute Gasteiger partial charge is 0.0967 e. The fourth-order valence-corrected chi connectivity index (χ4v) is 1.91. The second-order valence-electron chi connectivity index (χ2n) is 2.44. The molecule has 0 amide bonds. The van der Waals surface area contributed by atoms with Gasteiger partial charge in [0.05, 0.1) is 11.0 Å². The van der Waals surface area contributed by atoms with E-state index in [9.17, 15) is 0 Å². The first-order chi connectivity index (χ1) is 6.24. The lowest BCUT2D eigenvalue weighted by Gasteiger charge is -2.04. The predicted octanol–water partition coefficient (Wildman–Crippen LogP) is 3.01. The molecule has 1 aromatic carbocycles. The van der Waals surface area contributed by atoms with Crippen LogP contribution in [0.3, 0.4) is 0 Å². The number of hydrogen-bond donors (Lipinski definition) is 1. The van der Waals surface area contributed by atoms with E-state index in [4.69, 9.17) is 22.1 Å². The molecule has 1 rings (SSSR count). The third kappa shape index (κ3) is 3.46. The maximum absolute atomic E-state index is 5.95. The van der Waals surface area contributed by atoms with Gasteiger partial charge in [-0.2, -0.15) is 0 Å². The van der Waals surface area contributed by atoms with Crippen LogP contribution in [0.2, 0.25) is 5.02 Å². The highest BCUT2D eigenvalue weighted by molar-refractivity contribution is 7.99. The van der Waals surface area contributed by atoms with Crippen molar-refractivity contribution in [3.05, 3.63) is 23.2 Å². The highest BCUT2D eigenvalue weighted by Gasteiger charge is 2.00. The van der Waals surface area contributed by atoms with Gasteiger partial charge in [0.2, 0.25) is 0 Å². The molecule has 0 atom stereocenters. The Morgan fingerprint density at radius 1 is 1.54 bits per heavy atom. The Morgan fingerprint density at radius 3 is 2.92 bits per heavy atom. The number of benzene rings is 1. The molecular formula is C9H12ClNOS. The zero-order valence-electron chi connectivity index (χ0n) is 7.42. The molecule has 0 aliphatic heterocycles. The van der Waals surface area contributed by atoms with E-state index in [0.717, 1.165) is 11.5 Å². The maximum Gasteiger partial charge on any atom is 0.0967 e. The lowest BCUT2D eigenvalue weighted by Crippen LogP contribution is -1.89. The van der Waals surface area contributed by atoms with Crippen LogP contribution in [0, 0.1) is 0 Å². The lowest BCUT2D eigenvalue weighted by molar-refractivity contribution is 0.199. The Kier molecular flexibility index (Phi) is 4.42. The van der Waals surface area contributed by atoms with Crippen LogP contribution in [0.15, 0.2) is 23.1 Å². The van der Waals surface area contributed by atoms with Crippen molar-refractivity contribution in [3.8, 4) is 0 Å². The van der Waals surface area contributed by atoms with Crippen molar-refractivity contribution in [2.45, 2.75) is 11.8 Å². The summed E-state index contributed by atoms with van der Waals surface area (Å²) in [4.78, 5) is 1.00. The summed E-state index contributed by atoms with van der Waals surface area (Å²) in [5.41, 5.74) is 6.24. The Labute approximate surface area is 87.4 Å². The maximum atomic E-state index is 5.95. The molecule has 0 bridgehead atoms. The van der Waals surface area contributed by atoms with Crippen molar-refractivity contribution in [1.29, 1.82) is 0 Å². The summed E-state index contributed by atoms with van der Waals surface area (Å²) in [6, 6.07) is 5.48. The van der Waals surface area contributed by atoms with E-state index in [0.29, 0.717) is 16.6 Å². The highest BCUT2D eigenvalue weighted by Crippen LogP contribution is 2.28. The molecule has 0 radical (unpaired) electrons. The lowest BCUT2D eigenvalue weighted by atomic mass is 10.3. The van der Waals surface area contributed by atoms with Gasteiger partial charge in [0.1, 0.15) is 0 Å². The molecule has 2 N–H and O–H groups in total. The first-order valence-electron chi connectivity index (χ1n) is 3.99. The van der Waals surface area contributed by atoms with Gasteiger partial charge < -0.3 is 10.5 Å². The van der Waals surface area contributed by atoms with Gasteiger partial charge in [0.25, 0.3) is 0 Å². The van der Waals surface area contributed by atoms with Crippen LogP contribution in [-0.2, 0) is 4.74 Å². The second-order valence-corrected chi connectivity index (χ2v) is 3.82. The fraction of sp³-hybridized carbons (Fsp3) is 0.333. The fourth-order valence-electron chi connectivity index (χ4n) is 0.823. The second kappa shape index (κ2) is 5.37. The van der Waals surface area contributed by atoms with E-state index in [1.807, 2.05) is 19.1 Å². The van der Waals surface area contributed by atoms with E-state index in [1.165, 1.54) is 0 Å². The number of ether oxygens (including phenoxy) is 1. The number of hydrogen-bond acceptors (Lipinski definition) is 3. The minimum absolute atomic E-state index is 0.625. The summed E-state index contributed by atoms with van der Waals surface area (Å²) in [7, 11) is 0. The standard InChI is InChI=1S/C9H12ClNOS/c1-2-12-6-13-9-4-3-7(11)5-8(9)10/h3-5H,2,6,11H2,1H3. The topological polar surface area (TPSA) is 35.2 Å². The third-order valence-corrected chi connectivity index (χ3v) is 2.83. The molecule has 0 aromatic heterocycles. The van der Waals surface area contributed by atoms with E-state index in [-0.39, 0.29) is 0 Å². The monoisotopic (exact) mass is 217 g/mol. The van der Waals surface area contributed by atoms with Crippen molar-refractivity contribution in [1.82, 2.24) is 0 Å². The van der Waals surface area contributed by atoms with Crippen molar-refractivity contribution in [2.24, 2.45) is 0 Å². The molecule has 4 heteroatoms. The van der Waals surface area contributed by atoms with Crippen molar-refractivity contribution >= 4 is 29.1 Å². The first kappa shape index (κ1) is 10.7. The summed E-state index contributed by atoms with van der Waals surface area (Å²) in [6.45, 7) is 2.69. The Morgan fingerprint density at radius 2 is 2.31 bits per heavy atom. The van der Waals surface area contributed by atoms with Crippen LogP contribution in [0.4, 0.5) is 5.69 Å². The van der Waals surface area contributed by atoms with Gasteiger partial charge in [-0.15, -0.1) is 0 Å². The number of nitrogens with two attached hydrogens (primary N) is 1. The zero-order chi connectivity index (χ0) is 9.68. The van der Waals surface area contributed by atoms with Crippen LogP contribution in [-0.4, -0.2) is 12.5 Å². The van der Waals surface area contributed by atoms with Gasteiger partial charge in [0.15, 0.2) is 0 Å². The van der Waals surface area contributed by atoms with Gasteiger partial charge in [-0.1, -0.05) is 23.4 Å². The van der Waals surface area contributed by atoms with Gasteiger partial charge in [-0.05, 0) is 25.1 Å². The minimum Gasteiger partial charge on any atom is -0.399 e.